The summed E-state index contributed by atoms with van der Waals surface area (Å²) in [6, 6.07) is 3.17. The molecule has 6 aliphatic rings. The molecule has 43 heavy (non-hydrogen) atoms. The fourth-order valence-electron chi connectivity index (χ4n) is 8.07. The first-order chi connectivity index (χ1) is 20.2. The molecule has 3 fully saturated rings. The number of aliphatic carboxylic acids is 2. The number of carboxylic acids is 2. The molecule has 2 bridgehead atoms. The highest BCUT2D eigenvalue weighted by Gasteiger charge is 2.74. The Balaban J connectivity index is 0.000000286. The molecule has 3 heterocycles. The molecule has 6 N–H and O–H groups in total. The number of carbonyl (C=O) groups excluding carboxylic acids is 2. The first-order valence-corrected chi connectivity index (χ1v) is 14.6. The topological polar surface area (TPSA) is 205 Å². The van der Waals surface area contributed by atoms with Gasteiger partial charge in [0.25, 0.3) is 11.8 Å². The Morgan fingerprint density at radius 2 is 1.60 bits per heavy atom. The van der Waals surface area contributed by atoms with Crippen LogP contribution in [0.3, 0.4) is 0 Å². The van der Waals surface area contributed by atoms with E-state index in [9.17, 15) is 29.4 Å². The Morgan fingerprint density at radius 1 is 1.00 bits per heavy atom. The highest BCUT2D eigenvalue weighted by Crippen LogP contribution is 2.66. The molecule has 7 atom stereocenters. The number of phenols is 1. The summed E-state index contributed by atoms with van der Waals surface area (Å²) >= 11 is 0. The van der Waals surface area contributed by atoms with Gasteiger partial charge < -0.3 is 35.4 Å². The fraction of sp³-hybridized carbons (Fsp3) is 0.600. The van der Waals surface area contributed by atoms with Crippen LogP contribution in [-0.4, -0.2) is 113 Å². The molecule has 7 rings (SSSR count). The second kappa shape index (κ2) is 10.0. The van der Waals surface area contributed by atoms with Crippen LogP contribution in [0.4, 0.5) is 0 Å². The van der Waals surface area contributed by atoms with Gasteiger partial charge >= 0.3 is 11.9 Å². The van der Waals surface area contributed by atoms with Crippen LogP contribution in [0.25, 0.3) is 0 Å². The lowest BCUT2D eigenvalue weighted by atomic mass is 9.48. The molecule has 13 heteroatoms. The predicted molar refractivity (Wildman–Crippen MR) is 146 cm³/mol. The summed E-state index contributed by atoms with van der Waals surface area (Å²) in [5, 5.41) is 55.8. The van der Waals surface area contributed by atoms with Gasteiger partial charge in [-0.3, -0.25) is 19.4 Å². The molecule has 0 aromatic heterocycles. The number of likely N-dealkylation sites (tertiary alicyclic amines) is 1. The third-order valence-corrected chi connectivity index (χ3v) is 10.5. The van der Waals surface area contributed by atoms with Crippen molar-refractivity contribution in [1.82, 2.24) is 9.80 Å². The molecular weight excluding hydrogens is 564 g/mol. The molecule has 1 saturated heterocycles. The minimum absolute atomic E-state index is 0.0199. The van der Waals surface area contributed by atoms with Gasteiger partial charge in [0.1, 0.15) is 6.10 Å². The maximum atomic E-state index is 13.1. The van der Waals surface area contributed by atoms with Crippen LogP contribution in [-0.2, 0) is 31.0 Å². The molecule has 2 amide bonds. The molecule has 232 valence electrons. The van der Waals surface area contributed by atoms with Crippen LogP contribution in [0.5, 0.6) is 11.5 Å². The molecule has 2 unspecified atom stereocenters. The number of carbonyl (C=O) groups is 4. The summed E-state index contributed by atoms with van der Waals surface area (Å²) in [5.41, 5.74) is 1.26. The van der Waals surface area contributed by atoms with Crippen LogP contribution in [0.2, 0.25) is 0 Å². The van der Waals surface area contributed by atoms with Crippen LogP contribution < -0.4 is 4.74 Å². The first-order valence-electron chi connectivity index (χ1n) is 14.6. The lowest BCUT2D eigenvalue weighted by Gasteiger charge is -2.64. The molecule has 3 aliphatic carbocycles. The van der Waals surface area contributed by atoms with Gasteiger partial charge in [-0.05, 0) is 76.5 Å². The Morgan fingerprint density at radius 3 is 2.16 bits per heavy atom. The van der Waals surface area contributed by atoms with Crippen molar-refractivity contribution in [2.24, 2.45) is 5.92 Å². The van der Waals surface area contributed by atoms with Gasteiger partial charge in [0.05, 0.1) is 17.1 Å². The second-order valence-electron chi connectivity index (χ2n) is 12.7. The summed E-state index contributed by atoms with van der Waals surface area (Å²) in [4.78, 5) is 49.6. The number of aliphatic hydroxyl groups excluding tert-OH is 2. The average Bonchev–Trinajstić information content (AvgIpc) is 3.68. The van der Waals surface area contributed by atoms with Crippen molar-refractivity contribution in [2.75, 3.05) is 13.1 Å². The molecule has 3 aliphatic heterocycles. The van der Waals surface area contributed by atoms with Gasteiger partial charge in [-0.1, -0.05) is 6.07 Å². The zero-order chi connectivity index (χ0) is 31.2. The Hall–Kier alpha value is -3.52. The van der Waals surface area contributed by atoms with Gasteiger partial charge in [-0.25, -0.2) is 9.59 Å². The van der Waals surface area contributed by atoms with Gasteiger partial charge in [0.2, 0.25) is 0 Å². The molecular formula is C30H36N2O11. The number of hydrogen-bond donors (Lipinski definition) is 6. The van der Waals surface area contributed by atoms with Crippen molar-refractivity contribution in [3.63, 3.8) is 0 Å². The van der Waals surface area contributed by atoms with E-state index in [-0.39, 0.29) is 23.6 Å². The quantitative estimate of drug-likeness (QED) is 0.237. The van der Waals surface area contributed by atoms with Crippen LogP contribution in [0, 0.1) is 5.92 Å². The number of aliphatic hydroxyl groups is 3. The Labute approximate surface area is 247 Å². The number of aromatic hydroxyl groups is 1. The van der Waals surface area contributed by atoms with E-state index in [1.165, 1.54) is 17.7 Å². The number of carboxylic acid groups (broad SMARTS) is 2. The Bertz CT molecular complexity index is 1410. The van der Waals surface area contributed by atoms with E-state index in [1.54, 1.807) is 19.9 Å². The van der Waals surface area contributed by atoms with E-state index in [1.807, 2.05) is 6.07 Å². The predicted octanol–water partition coefficient (Wildman–Crippen LogP) is -0.0925. The summed E-state index contributed by atoms with van der Waals surface area (Å²) in [5.74, 6) is -2.81. The maximum absolute atomic E-state index is 13.1. The largest absolute Gasteiger partial charge is 0.504 e. The van der Waals surface area contributed by atoms with E-state index in [0.717, 1.165) is 36.6 Å². The van der Waals surface area contributed by atoms with E-state index in [4.69, 9.17) is 25.2 Å². The summed E-state index contributed by atoms with van der Waals surface area (Å²) in [6.07, 6.45) is -0.133. The van der Waals surface area contributed by atoms with Crippen LogP contribution >= 0.6 is 0 Å². The minimum Gasteiger partial charge on any atom is -0.504 e. The zero-order valence-corrected chi connectivity index (χ0v) is 23.9. The lowest BCUT2D eigenvalue weighted by molar-refractivity contribution is -0.201. The van der Waals surface area contributed by atoms with Crippen molar-refractivity contribution in [2.45, 2.75) is 93.8 Å². The fourth-order valence-corrected chi connectivity index (χ4v) is 8.07. The number of ether oxygens (including phenoxy) is 1. The number of piperidine rings is 1. The third-order valence-electron chi connectivity index (χ3n) is 10.5. The lowest BCUT2D eigenvalue weighted by Crippen LogP contribution is -2.78. The van der Waals surface area contributed by atoms with E-state index in [0.29, 0.717) is 36.2 Å². The van der Waals surface area contributed by atoms with Gasteiger partial charge in [-0.15, -0.1) is 0 Å². The van der Waals surface area contributed by atoms with Gasteiger partial charge in [0.15, 0.2) is 23.7 Å². The van der Waals surface area contributed by atoms with Crippen molar-refractivity contribution >= 4 is 23.8 Å². The average molecular weight is 601 g/mol. The minimum atomic E-state index is -2.27. The van der Waals surface area contributed by atoms with Gasteiger partial charge in [0, 0.05) is 29.3 Å². The highest BCUT2D eigenvalue weighted by atomic mass is 16.5. The van der Waals surface area contributed by atoms with E-state index < -0.39 is 47.3 Å². The van der Waals surface area contributed by atoms with E-state index >= 15 is 0 Å². The van der Waals surface area contributed by atoms with Crippen molar-refractivity contribution < 1.29 is 54.6 Å². The van der Waals surface area contributed by atoms with Crippen molar-refractivity contribution in [1.29, 1.82) is 0 Å². The number of amides is 2. The second-order valence-corrected chi connectivity index (χ2v) is 12.7. The number of rotatable bonds is 6. The standard InChI is InChI=1S/C26H30N2O5.C4H6O6/c1-13-14(2)24(31)28(23(13)30)17-7-8-26(32)19-11-16-5-6-18(29)21-20(16)25(26,22(17)33-21)9-10-27(19)12-15-3-4-15;5-1(3(7)8)2(6)4(9)10/h5-6,15,17,19,22,29,32H,3-4,7-12H2,1-2H3;1-2,5-6H,(H,7,8)(H,9,10)/t17-,19+,22-,25-,26+;/m0./s1. The molecule has 13 nitrogen and oxygen atoms in total. The van der Waals surface area contributed by atoms with Gasteiger partial charge in [-0.2, -0.15) is 0 Å². The number of benzene rings is 1. The first kappa shape index (κ1) is 29.5. The van der Waals surface area contributed by atoms with Crippen LogP contribution in [0.1, 0.15) is 57.1 Å². The maximum Gasteiger partial charge on any atom is 0.335 e. The highest BCUT2D eigenvalue weighted by molar-refractivity contribution is 6.19. The SMILES string of the molecule is CC1=C(C)C(=O)N([C@H]2CC[C@@]3(O)[C@H]4Cc5ccc(O)c6c5[C@@]3(CCN4CC3CC3)[C@H]2O6)C1=O.O=C(O)C(O)C(O)C(=O)O. The molecule has 1 spiro atoms. The van der Waals surface area contributed by atoms with Crippen LogP contribution in [0.15, 0.2) is 23.3 Å². The normalized spacial score (nSPS) is 33.8. The zero-order valence-electron chi connectivity index (χ0n) is 23.9. The molecule has 1 aromatic rings. The molecule has 1 aromatic carbocycles. The summed E-state index contributed by atoms with van der Waals surface area (Å²) < 4.78 is 6.50. The number of phenolic OH excluding ortho intramolecular Hbond substituents is 1. The molecule has 0 radical (unpaired) electrons. The smallest absolute Gasteiger partial charge is 0.335 e. The van der Waals surface area contributed by atoms with Crippen molar-refractivity contribution in [3.05, 3.63) is 34.4 Å². The van der Waals surface area contributed by atoms with Crippen molar-refractivity contribution in [3.8, 4) is 11.5 Å². The number of nitrogens with zero attached hydrogens (tertiary/aromatic N) is 2. The third kappa shape index (κ3) is 4.12. The van der Waals surface area contributed by atoms with E-state index in [2.05, 4.69) is 4.90 Å². The number of imide groups is 1. The summed E-state index contributed by atoms with van der Waals surface area (Å²) in [7, 11) is 0. The molecule has 2 saturated carbocycles. The number of hydrogen-bond acceptors (Lipinski definition) is 10. The Kier molecular flexibility index (Phi) is 6.88. The monoisotopic (exact) mass is 600 g/mol. The summed E-state index contributed by atoms with van der Waals surface area (Å²) in [6.45, 7) is 5.27.